The maximum atomic E-state index is 13.4. The minimum Gasteiger partial charge on any atom is -0.379 e. The van der Waals surface area contributed by atoms with Crippen LogP contribution in [0.25, 0.3) is 0 Å². The Balaban J connectivity index is 2.24. The number of amides is 2. The van der Waals surface area contributed by atoms with Gasteiger partial charge in [-0.3, -0.25) is 9.59 Å². The van der Waals surface area contributed by atoms with Gasteiger partial charge in [0, 0.05) is 26.1 Å². The molecule has 0 fully saturated rings. The lowest BCUT2D eigenvalue weighted by atomic mass is 10.0. The Morgan fingerprint density at radius 2 is 1.74 bits per heavy atom. The monoisotopic (exact) mass is 428 g/mol. The average molecular weight is 429 g/mol. The SMILES string of the molecule is CCCC(=O)N(Cc1ccc(F)cc1)C(C(=O)NCCCOC(C)C)c1ccccc1. The number of nitrogens with zero attached hydrogens (tertiary/aromatic N) is 1. The number of benzene rings is 2. The molecule has 0 heterocycles. The summed E-state index contributed by atoms with van der Waals surface area (Å²) in [6.45, 7) is 7.11. The molecule has 1 N–H and O–H groups in total. The molecule has 0 saturated heterocycles. The molecule has 1 atom stereocenters. The van der Waals surface area contributed by atoms with Crippen LogP contribution >= 0.6 is 0 Å². The van der Waals surface area contributed by atoms with Crippen molar-refractivity contribution in [3.05, 3.63) is 71.5 Å². The molecule has 2 aromatic carbocycles. The van der Waals surface area contributed by atoms with Crippen LogP contribution in [0.5, 0.6) is 0 Å². The van der Waals surface area contributed by atoms with E-state index in [1.807, 2.05) is 51.1 Å². The summed E-state index contributed by atoms with van der Waals surface area (Å²) in [7, 11) is 0. The minimum atomic E-state index is -0.767. The average Bonchev–Trinajstić information content (AvgIpc) is 2.75. The van der Waals surface area contributed by atoms with Gasteiger partial charge in [-0.1, -0.05) is 49.4 Å². The third kappa shape index (κ3) is 8.13. The van der Waals surface area contributed by atoms with Crippen molar-refractivity contribution in [3.8, 4) is 0 Å². The van der Waals surface area contributed by atoms with E-state index in [1.54, 1.807) is 17.0 Å². The van der Waals surface area contributed by atoms with E-state index >= 15 is 0 Å². The number of carbonyl (C=O) groups excluding carboxylic acids is 2. The summed E-state index contributed by atoms with van der Waals surface area (Å²) in [5, 5.41) is 2.95. The summed E-state index contributed by atoms with van der Waals surface area (Å²) in [5.74, 6) is -0.683. The number of halogens is 1. The molecule has 0 aliphatic heterocycles. The number of nitrogens with one attached hydrogen (secondary N) is 1. The largest absolute Gasteiger partial charge is 0.379 e. The van der Waals surface area contributed by atoms with Gasteiger partial charge in [-0.2, -0.15) is 0 Å². The second kappa shape index (κ2) is 12.8. The quantitative estimate of drug-likeness (QED) is 0.502. The number of ether oxygens (including phenoxy) is 1. The fraction of sp³-hybridized carbons (Fsp3) is 0.440. The van der Waals surface area contributed by atoms with Gasteiger partial charge in [0.1, 0.15) is 11.9 Å². The molecule has 31 heavy (non-hydrogen) atoms. The van der Waals surface area contributed by atoms with E-state index in [-0.39, 0.29) is 30.3 Å². The molecule has 0 aromatic heterocycles. The van der Waals surface area contributed by atoms with Gasteiger partial charge in [-0.25, -0.2) is 4.39 Å². The van der Waals surface area contributed by atoms with Crippen LogP contribution in [0.1, 0.15) is 57.2 Å². The van der Waals surface area contributed by atoms with Gasteiger partial charge in [-0.15, -0.1) is 0 Å². The van der Waals surface area contributed by atoms with Crippen molar-refractivity contribution < 1.29 is 18.7 Å². The van der Waals surface area contributed by atoms with Gasteiger partial charge in [0.05, 0.1) is 6.10 Å². The number of hydrogen-bond donors (Lipinski definition) is 1. The molecule has 0 saturated carbocycles. The second-order valence-corrected chi connectivity index (χ2v) is 7.78. The molecule has 6 heteroatoms. The predicted molar refractivity (Wildman–Crippen MR) is 120 cm³/mol. The Morgan fingerprint density at radius 1 is 1.06 bits per heavy atom. The first-order chi connectivity index (χ1) is 14.9. The van der Waals surface area contributed by atoms with Crippen molar-refractivity contribution in [2.45, 2.75) is 58.7 Å². The van der Waals surface area contributed by atoms with E-state index in [9.17, 15) is 14.0 Å². The first-order valence-corrected chi connectivity index (χ1v) is 10.9. The molecule has 0 radical (unpaired) electrons. The van der Waals surface area contributed by atoms with Crippen molar-refractivity contribution in [1.82, 2.24) is 10.2 Å². The van der Waals surface area contributed by atoms with Crippen LogP contribution in [0.2, 0.25) is 0 Å². The van der Waals surface area contributed by atoms with Crippen molar-refractivity contribution in [1.29, 1.82) is 0 Å². The second-order valence-electron chi connectivity index (χ2n) is 7.78. The van der Waals surface area contributed by atoms with Crippen LogP contribution in [0.15, 0.2) is 54.6 Å². The highest BCUT2D eigenvalue weighted by Crippen LogP contribution is 2.25. The first-order valence-electron chi connectivity index (χ1n) is 10.9. The topological polar surface area (TPSA) is 58.6 Å². The smallest absolute Gasteiger partial charge is 0.247 e. The van der Waals surface area contributed by atoms with Gasteiger partial charge >= 0.3 is 0 Å². The van der Waals surface area contributed by atoms with E-state index in [0.29, 0.717) is 32.4 Å². The van der Waals surface area contributed by atoms with Crippen molar-refractivity contribution in [2.24, 2.45) is 0 Å². The van der Waals surface area contributed by atoms with Gasteiger partial charge < -0.3 is 15.0 Å². The zero-order chi connectivity index (χ0) is 22.6. The summed E-state index contributed by atoms with van der Waals surface area (Å²) in [6, 6.07) is 14.5. The molecule has 0 aliphatic rings. The van der Waals surface area contributed by atoms with Crippen LogP contribution in [0.3, 0.4) is 0 Å². The normalized spacial score (nSPS) is 11.9. The number of carbonyl (C=O) groups is 2. The number of rotatable bonds is 12. The molecular formula is C25H33FN2O3. The predicted octanol–water partition coefficient (Wildman–Crippen LogP) is 4.63. The Hall–Kier alpha value is -2.73. The highest BCUT2D eigenvalue weighted by atomic mass is 19.1. The van der Waals surface area contributed by atoms with E-state index in [2.05, 4.69) is 5.32 Å². The van der Waals surface area contributed by atoms with Crippen molar-refractivity contribution in [3.63, 3.8) is 0 Å². The Kier molecular flexibility index (Phi) is 10.2. The van der Waals surface area contributed by atoms with E-state index in [0.717, 1.165) is 11.1 Å². The maximum Gasteiger partial charge on any atom is 0.247 e. The molecule has 2 amide bonds. The third-order valence-corrected chi connectivity index (χ3v) is 4.80. The Bertz CT molecular complexity index is 809. The van der Waals surface area contributed by atoms with E-state index in [1.165, 1.54) is 12.1 Å². The highest BCUT2D eigenvalue weighted by molar-refractivity contribution is 5.88. The zero-order valence-corrected chi connectivity index (χ0v) is 18.6. The van der Waals surface area contributed by atoms with Crippen LogP contribution in [-0.2, 0) is 20.9 Å². The first kappa shape index (κ1) is 24.5. The summed E-state index contributed by atoms with van der Waals surface area (Å²) < 4.78 is 18.9. The van der Waals surface area contributed by atoms with Crippen molar-refractivity contribution in [2.75, 3.05) is 13.2 Å². The van der Waals surface area contributed by atoms with Gasteiger partial charge in [0.15, 0.2) is 0 Å². The third-order valence-electron chi connectivity index (χ3n) is 4.80. The molecule has 2 aromatic rings. The molecule has 0 bridgehead atoms. The van der Waals surface area contributed by atoms with Crippen LogP contribution in [0, 0.1) is 5.82 Å². The summed E-state index contributed by atoms with van der Waals surface area (Å²) in [5.41, 5.74) is 1.51. The lowest BCUT2D eigenvalue weighted by Gasteiger charge is -2.31. The van der Waals surface area contributed by atoms with Gasteiger partial charge in [0.25, 0.3) is 0 Å². The maximum absolute atomic E-state index is 13.4. The molecular weight excluding hydrogens is 395 g/mol. The van der Waals surface area contributed by atoms with E-state index < -0.39 is 6.04 Å². The van der Waals surface area contributed by atoms with Crippen LogP contribution in [-0.4, -0.2) is 36.0 Å². The molecule has 0 aliphatic carbocycles. The van der Waals surface area contributed by atoms with Gasteiger partial charge in [-0.05, 0) is 49.9 Å². The lowest BCUT2D eigenvalue weighted by Crippen LogP contribution is -2.43. The molecule has 2 rings (SSSR count). The minimum absolute atomic E-state index is 0.112. The zero-order valence-electron chi connectivity index (χ0n) is 18.6. The molecule has 1 unspecified atom stereocenters. The Morgan fingerprint density at radius 3 is 2.35 bits per heavy atom. The summed E-state index contributed by atoms with van der Waals surface area (Å²) in [4.78, 5) is 27.9. The van der Waals surface area contributed by atoms with Crippen LogP contribution in [0.4, 0.5) is 4.39 Å². The van der Waals surface area contributed by atoms with Crippen LogP contribution < -0.4 is 5.32 Å². The Labute approximate surface area is 184 Å². The summed E-state index contributed by atoms with van der Waals surface area (Å²) >= 11 is 0. The van der Waals surface area contributed by atoms with E-state index in [4.69, 9.17) is 4.74 Å². The fourth-order valence-corrected chi connectivity index (χ4v) is 3.28. The fourth-order valence-electron chi connectivity index (χ4n) is 3.28. The summed E-state index contributed by atoms with van der Waals surface area (Å²) in [6.07, 6.45) is 1.84. The highest BCUT2D eigenvalue weighted by Gasteiger charge is 2.30. The molecule has 0 spiro atoms. The van der Waals surface area contributed by atoms with Gasteiger partial charge in [0.2, 0.25) is 11.8 Å². The standard InChI is InChI=1S/C25H33FN2O3/c1-4-9-23(29)28(18-20-12-14-22(26)15-13-20)24(21-10-6-5-7-11-21)25(30)27-16-8-17-31-19(2)3/h5-7,10-15,19,24H,4,8-9,16-18H2,1-3H3,(H,27,30). The lowest BCUT2D eigenvalue weighted by molar-refractivity contribution is -0.141. The number of hydrogen-bond acceptors (Lipinski definition) is 3. The van der Waals surface area contributed by atoms with Crippen molar-refractivity contribution >= 4 is 11.8 Å². The molecule has 168 valence electrons. The molecule has 5 nitrogen and oxygen atoms in total.